The molecule has 1 rings (SSSR count). The Morgan fingerprint density at radius 2 is 1.67 bits per heavy atom. The molecule has 124 valence electrons. The van der Waals surface area contributed by atoms with Crippen LogP contribution in [0, 0.1) is 5.92 Å². The van der Waals surface area contributed by atoms with Crippen molar-refractivity contribution in [2.45, 2.75) is 46.5 Å². The average Bonchev–Trinajstić information content (AvgIpc) is 2.47. The first kappa shape index (κ1) is 18.4. The second-order valence-corrected chi connectivity index (χ2v) is 7.26. The topological polar surface area (TPSA) is 66.9 Å². The third-order valence-electron chi connectivity index (χ3n) is 3.67. The molecule has 0 saturated carbocycles. The highest BCUT2D eigenvalue weighted by molar-refractivity contribution is 7.86. The first-order valence-electron chi connectivity index (χ1n) is 7.89. The molecule has 0 unspecified atom stereocenters. The molecule has 0 aromatic heterocycles. The van der Waals surface area contributed by atoms with E-state index in [2.05, 4.69) is 0 Å². The van der Waals surface area contributed by atoms with Gasteiger partial charge in [-0.05, 0) is 32.6 Å². The van der Waals surface area contributed by atoms with Gasteiger partial charge in [0, 0.05) is 26.2 Å². The Morgan fingerprint density at radius 3 is 2.10 bits per heavy atom. The molecule has 0 aromatic carbocycles. The van der Waals surface area contributed by atoms with Crippen LogP contribution < -0.4 is 0 Å². The van der Waals surface area contributed by atoms with E-state index in [-0.39, 0.29) is 11.9 Å². The zero-order valence-corrected chi connectivity index (χ0v) is 14.2. The van der Waals surface area contributed by atoms with Crippen molar-refractivity contribution in [3.63, 3.8) is 0 Å². The van der Waals surface area contributed by atoms with Gasteiger partial charge in [0.25, 0.3) is 10.2 Å². The van der Waals surface area contributed by atoms with Gasteiger partial charge < -0.3 is 4.74 Å². The fourth-order valence-electron chi connectivity index (χ4n) is 2.59. The molecule has 0 bridgehead atoms. The molecule has 1 aliphatic rings. The van der Waals surface area contributed by atoms with Gasteiger partial charge in [0.2, 0.25) is 0 Å². The van der Waals surface area contributed by atoms with Gasteiger partial charge in [-0.1, -0.05) is 13.8 Å². The Morgan fingerprint density at radius 1 is 1.14 bits per heavy atom. The van der Waals surface area contributed by atoms with E-state index in [4.69, 9.17) is 4.74 Å². The first-order valence-corrected chi connectivity index (χ1v) is 9.28. The number of hydrogen-bond donors (Lipinski definition) is 0. The highest BCUT2D eigenvalue weighted by atomic mass is 32.2. The van der Waals surface area contributed by atoms with Crippen LogP contribution in [0.5, 0.6) is 0 Å². The van der Waals surface area contributed by atoms with E-state index < -0.39 is 10.2 Å². The van der Waals surface area contributed by atoms with E-state index >= 15 is 0 Å². The van der Waals surface area contributed by atoms with Crippen molar-refractivity contribution in [2.75, 3.05) is 32.8 Å². The van der Waals surface area contributed by atoms with E-state index in [1.165, 1.54) is 4.31 Å². The minimum atomic E-state index is -3.40. The minimum Gasteiger partial charge on any atom is -0.466 e. The van der Waals surface area contributed by atoms with E-state index in [1.807, 2.05) is 13.8 Å². The number of carbonyl (C=O) groups excluding carboxylic acids is 1. The van der Waals surface area contributed by atoms with Crippen LogP contribution in [0.25, 0.3) is 0 Å². The molecular formula is C14H28N2O4S. The molecule has 1 fully saturated rings. The lowest BCUT2D eigenvalue weighted by molar-refractivity contribution is -0.149. The smallest absolute Gasteiger partial charge is 0.309 e. The van der Waals surface area contributed by atoms with Crippen molar-refractivity contribution in [2.24, 2.45) is 5.92 Å². The van der Waals surface area contributed by atoms with Crippen LogP contribution in [0.3, 0.4) is 0 Å². The second-order valence-electron chi connectivity index (χ2n) is 5.33. The van der Waals surface area contributed by atoms with Crippen molar-refractivity contribution < 1.29 is 17.9 Å². The third-order valence-corrected chi connectivity index (χ3v) is 5.71. The largest absolute Gasteiger partial charge is 0.466 e. The first-order chi connectivity index (χ1) is 9.97. The summed E-state index contributed by atoms with van der Waals surface area (Å²) in [6, 6.07) is 0. The quantitative estimate of drug-likeness (QED) is 0.638. The Bertz CT molecular complexity index is 411. The van der Waals surface area contributed by atoms with Gasteiger partial charge in [-0.2, -0.15) is 17.0 Å². The van der Waals surface area contributed by atoms with Crippen LogP contribution in [0.1, 0.15) is 46.5 Å². The maximum absolute atomic E-state index is 12.6. The van der Waals surface area contributed by atoms with Crippen LogP contribution >= 0.6 is 0 Å². The van der Waals surface area contributed by atoms with Gasteiger partial charge in [-0.15, -0.1) is 0 Å². The Kier molecular flexibility index (Phi) is 7.62. The van der Waals surface area contributed by atoms with Crippen LogP contribution in [0.15, 0.2) is 0 Å². The molecule has 0 aliphatic carbocycles. The summed E-state index contributed by atoms with van der Waals surface area (Å²) in [5.74, 6) is -0.365. The summed E-state index contributed by atoms with van der Waals surface area (Å²) in [7, 11) is -3.40. The van der Waals surface area contributed by atoms with Crippen molar-refractivity contribution >= 4 is 16.2 Å². The Hall–Kier alpha value is -0.660. The fraction of sp³-hybridized carbons (Fsp3) is 0.929. The van der Waals surface area contributed by atoms with E-state index in [0.29, 0.717) is 45.6 Å². The number of nitrogens with zero attached hydrogens (tertiary/aromatic N) is 2. The highest BCUT2D eigenvalue weighted by Crippen LogP contribution is 2.22. The number of carbonyl (C=O) groups is 1. The molecule has 1 saturated heterocycles. The molecule has 0 amide bonds. The Labute approximate surface area is 128 Å². The van der Waals surface area contributed by atoms with Crippen molar-refractivity contribution in [3.8, 4) is 0 Å². The number of piperidine rings is 1. The van der Waals surface area contributed by atoms with Gasteiger partial charge in [-0.25, -0.2) is 0 Å². The number of rotatable bonds is 8. The van der Waals surface area contributed by atoms with Crippen LogP contribution in [-0.2, 0) is 19.7 Å². The summed E-state index contributed by atoms with van der Waals surface area (Å²) in [6.07, 6.45) is 2.70. The Balaban J connectivity index is 2.64. The maximum Gasteiger partial charge on any atom is 0.309 e. The molecule has 0 spiro atoms. The summed E-state index contributed by atoms with van der Waals surface area (Å²) < 4.78 is 33.3. The lowest BCUT2D eigenvalue weighted by atomic mass is 9.98. The van der Waals surface area contributed by atoms with Crippen LogP contribution in [0.2, 0.25) is 0 Å². The van der Waals surface area contributed by atoms with Gasteiger partial charge in [0.05, 0.1) is 12.5 Å². The summed E-state index contributed by atoms with van der Waals surface area (Å²) in [6.45, 7) is 8.01. The van der Waals surface area contributed by atoms with Crippen LogP contribution in [0.4, 0.5) is 0 Å². The summed E-state index contributed by atoms with van der Waals surface area (Å²) >= 11 is 0. The lowest BCUT2D eigenvalue weighted by Gasteiger charge is -2.34. The SMILES string of the molecule is CCCN(CCC)S(=O)(=O)N1CCC(C(=O)OCC)CC1. The standard InChI is InChI=1S/C14H28N2O4S/c1-4-9-15(10-5-2)21(18,19)16-11-7-13(8-12-16)14(17)20-6-3/h13H,4-12H2,1-3H3. The van der Waals surface area contributed by atoms with Crippen molar-refractivity contribution in [3.05, 3.63) is 0 Å². The maximum atomic E-state index is 12.6. The fourth-order valence-corrected chi connectivity index (χ4v) is 4.41. The predicted molar refractivity (Wildman–Crippen MR) is 82.0 cm³/mol. The number of esters is 1. The van der Waals surface area contributed by atoms with E-state index in [0.717, 1.165) is 12.8 Å². The van der Waals surface area contributed by atoms with Gasteiger partial charge >= 0.3 is 5.97 Å². The molecule has 21 heavy (non-hydrogen) atoms. The van der Waals surface area contributed by atoms with Crippen LogP contribution in [-0.4, -0.2) is 55.8 Å². The van der Waals surface area contributed by atoms with Crippen molar-refractivity contribution in [1.82, 2.24) is 8.61 Å². The molecule has 0 radical (unpaired) electrons. The minimum absolute atomic E-state index is 0.165. The van der Waals surface area contributed by atoms with Gasteiger partial charge in [0.15, 0.2) is 0 Å². The molecule has 6 nitrogen and oxygen atoms in total. The van der Waals surface area contributed by atoms with E-state index in [9.17, 15) is 13.2 Å². The van der Waals surface area contributed by atoms with Crippen molar-refractivity contribution in [1.29, 1.82) is 0 Å². The summed E-state index contributed by atoms with van der Waals surface area (Å²) in [5.41, 5.74) is 0. The molecule has 0 atom stereocenters. The second kappa shape index (κ2) is 8.70. The number of ether oxygens (including phenoxy) is 1. The lowest BCUT2D eigenvalue weighted by Crippen LogP contribution is -2.48. The molecule has 0 N–H and O–H groups in total. The molecule has 7 heteroatoms. The molecule has 0 aromatic rings. The summed E-state index contributed by atoms with van der Waals surface area (Å²) in [5, 5.41) is 0. The highest BCUT2D eigenvalue weighted by Gasteiger charge is 2.34. The zero-order chi connectivity index (χ0) is 15.9. The molecular weight excluding hydrogens is 292 g/mol. The molecule has 1 heterocycles. The third kappa shape index (κ3) is 4.93. The normalized spacial score (nSPS) is 18.1. The monoisotopic (exact) mass is 320 g/mol. The molecule has 1 aliphatic heterocycles. The average molecular weight is 320 g/mol. The zero-order valence-electron chi connectivity index (χ0n) is 13.4. The van der Waals surface area contributed by atoms with E-state index in [1.54, 1.807) is 11.2 Å². The van der Waals surface area contributed by atoms with Gasteiger partial charge in [0.1, 0.15) is 0 Å². The number of hydrogen-bond acceptors (Lipinski definition) is 4. The van der Waals surface area contributed by atoms with Gasteiger partial charge in [-0.3, -0.25) is 4.79 Å². The predicted octanol–water partition coefficient (Wildman–Crippen LogP) is 1.63. The summed E-state index contributed by atoms with van der Waals surface area (Å²) in [4.78, 5) is 11.7.